The number of benzene rings is 4. The highest BCUT2D eigenvalue weighted by Crippen LogP contribution is 2.75. The third-order valence-corrected chi connectivity index (χ3v) is 18.8. The van der Waals surface area contributed by atoms with Gasteiger partial charge in [-0.15, -0.1) is 0 Å². The second kappa shape index (κ2) is 11.4. The van der Waals surface area contributed by atoms with E-state index in [-0.39, 0.29) is 18.6 Å². The Kier molecular flexibility index (Phi) is 8.27. The predicted octanol–water partition coefficient (Wildman–Crippen LogP) is 7.00. The first-order chi connectivity index (χ1) is 19.1. The molecule has 5 nitrogen and oxygen atoms in total. The van der Waals surface area contributed by atoms with Crippen molar-refractivity contribution in [2.45, 2.75) is 31.8 Å². The molecule has 0 radical (unpaired) electrons. The monoisotopic (exact) mass is 592 g/mol. The molecule has 0 saturated carbocycles. The maximum Gasteiger partial charge on any atom is 0.342 e. The van der Waals surface area contributed by atoms with E-state index in [4.69, 9.17) is 9.05 Å². The summed E-state index contributed by atoms with van der Waals surface area (Å²) < 4.78 is 58.9. The van der Waals surface area contributed by atoms with Crippen molar-refractivity contribution in [2.24, 2.45) is 5.41 Å². The van der Waals surface area contributed by atoms with Gasteiger partial charge < -0.3 is 18.2 Å². The lowest BCUT2D eigenvalue weighted by molar-refractivity contribution is 0.0403. The van der Waals surface area contributed by atoms with Crippen LogP contribution in [0.4, 0.5) is 0 Å². The van der Waals surface area contributed by atoms with Gasteiger partial charge in [-0.2, -0.15) is 0 Å². The second-order valence-corrected chi connectivity index (χ2v) is 19.7. The van der Waals surface area contributed by atoms with Crippen molar-refractivity contribution in [3.8, 4) is 0 Å². The summed E-state index contributed by atoms with van der Waals surface area (Å²) in [4.78, 5) is 0. The quantitative estimate of drug-likeness (QED) is 0.206. The summed E-state index contributed by atoms with van der Waals surface area (Å²) in [5.74, 6) is 0. The van der Waals surface area contributed by atoms with Crippen LogP contribution in [0.1, 0.15) is 20.8 Å². The first-order valence-electron chi connectivity index (χ1n) is 13.4. The molecule has 1 saturated heterocycles. The minimum absolute atomic E-state index is 0.179. The van der Waals surface area contributed by atoms with Crippen molar-refractivity contribution in [3.63, 3.8) is 0 Å². The summed E-state index contributed by atoms with van der Waals surface area (Å²) >= 11 is 0. The fourth-order valence-electron chi connectivity index (χ4n) is 5.39. The summed E-state index contributed by atoms with van der Waals surface area (Å²) in [6.07, 6.45) is 0. The van der Waals surface area contributed by atoms with Crippen LogP contribution in [0.2, 0.25) is 0 Å². The summed E-state index contributed by atoms with van der Waals surface area (Å²) in [5.41, 5.74) is -1.23. The summed E-state index contributed by atoms with van der Waals surface area (Å²) in [7, 11) is -11.4. The molecule has 1 aliphatic rings. The Morgan fingerprint density at radius 3 is 1.23 bits per heavy atom. The van der Waals surface area contributed by atoms with E-state index in [0.29, 0.717) is 21.2 Å². The van der Waals surface area contributed by atoms with Gasteiger partial charge in [0.2, 0.25) is 0 Å². The number of rotatable bonds is 8. The maximum absolute atomic E-state index is 15.9. The van der Waals surface area contributed by atoms with Crippen LogP contribution < -0.4 is 21.2 Å². The summed E-state index contributed by atoms with van der Waals surface area (Å²) in [6, 6.07) is 36.6. The van der Waals surface area contributed by atoms with Crippen LogP contribution in [-0.4, -0.2) is 24.3 Å². The van der Waals surface area contributed by atoms with E-state index in [0.717, 1.165) is 0 Å². The third kappa shape index (κ3) is 5.27. The van der Waals surface area contributed by atoms with Gasteiger partial charge >= 0.3 is 7.60 Å². The van der Waals surface area contributed by atoms with Crippen LogP contribution >= 0.6 is 21.9 Å². The van der Waals surface area contributed by atoms with Crippen LogP contribution in [0, 0.1) is 5.41 Å². The normalized spacial score (nSPS) is 18.5. The number of hydrogen-bond donors (Lipinski definition) is 0. The smallest absolute Gasteiger partial charge is 0.313 e. The van der Waals surface area contributed by atoms with Crippen LogP contribution in [0.15, 0.2) is 121 Å². The van der Waals surface area contributed by atoms with Crippen molar-refractivity contribution in [1.82, 2.24) is 0 Å². The predicted molar refractivity (Wildman–Crippen MR) is 166 cm³/mol. The van der Waals surface area contributed by atoms with Crippen molar-refractivity contribution in [2.75, 3.05) is 13.2 Å². The molecule has 0 spiro atoms. The van der Waals surface area contributed by atoms with Gasteiger partial charge in [-0.3, -0.25) is 4.57 Å². The van der Waals surface area contributed by atoms with E-state index in [2.05, 4.69) is 0 Å². The minimum atomic E-state index is -4.08. The summed E-state index contributed by atoms with van der Waals surface area (Å²) in [5, 5.41) is 1.06. The molecule has 2 atom stereocenters. The molecule has 4 aromatic carbocycles. The molecule has 1 aliphatic heterocycles. The molecule has 0 amide bonds. The lowest BCUT2D eigenvalue weighted by Gasteiger charge is -2.43. The zero-order valence-corrected chi connectivity index (χ0v) is 25.7. The van der Waals surface area contributed by atoms with Gasteiger partial charge in [0, 0.05) is 32.3 Å². The molecular formula is C32H35O5P3. The van der Waals surface area contributed by atoms with Crippen molar-refractivity contribution in [3.05, 3.63) is 121 Å². The minimum Gasteiger partial charge on any atom is -0.313 e. The van der Waals surface area contributed by atoms with E-state index in [1.54, 1.807) is 31.2 Å². The highest BCUT2D eigenvalue weighted by molar-refractivity contribution is 7.90. The molecule has 4 aromatic rings. The largest absolute Gasteiger partial charge is 0.342 e. The Morgan fingerprint density at radius 2 is 0.900 bits per heavy atom. The van der Waals surface area contributed by atoms with Gasteiger partial charge in [-0.1, -0.05) is 142 Å². The van der Waals surface area contributed by atoms with Gasteiger partial charge in [0.15, 0.2) is 7.14 Å². The number of hydrogen-bond acceptors (Lipinski definition) is 5. The van der Waals surface area contributed by atoms with Crippen LogP contribution in [0.25, 0.3) is 0 Å². The zero-order chi connectivity index (χ0) is 28.4. The molecule has 0 N–H and O–H groups in total. The van der Waals surface area contributed by atoms with Gasteiger partial charge in [0.25, 0.3) is 0 Å². The Hall–Kier alpha value is -2.51. The van der Waals surface area contributed by atoms with Gasteiger partial charge in [-0.05, 0) is 0 Å². The van der Waals surface area contributed by atoms with Crippen molar-refractivity contribution < 1.29 is 22.7 Å². The lowest BCUT2D eigenvalue weighted by Crippen LogP contribution is -2.41. The molecule has 5 rings (SSSR count). The molecular weight excluding hydrogens is 557 g/mol. The van der Waals surface area contributed by atoms with Gasteiger partial charge in [0.1, 0.15) is 12.5 Å². The molecule has 1 heterocycles. The highest BCUT2D eigenvalue weighted by Gasteiger charge is 2.59. The molecule has 2 unspecified atom stereocenters. The zero-order valence-electron chi connectivity index (χ0n) is 23.0. The van der Waals surface area contributed by atoms with Crippen LogP contribution in [0.5, 0.6) is 0 Å². The summed E-state index contributed by atoms with van der Waals surface area (Å²) in [6.45, 7) is 6.11. The van der Waals surface area contributed by atoms with Crippen LogP contribution in [0.3, 0.4) is 0 Å². The van der Waals surface area contributed by atoms with E-state index in [1.165, 1.54) is 0 Å². The first-order valence-corrected chi connectivity index (χ1v) is 18.6. The SMILES string of the molecule is CC(C(P1(=O)OCC(C)(C)CO1)P(=O)(c1ccccc1)c1ccccc1)P(=O)(c1ccccc1)c1ccccc1. The first kappa shape index (κ1) is 29.0. The second-order valence-electron chi connectivity index (χ2n) is 11.1. The van der Waals surface area contributed by atoms with Gasteiger partial charge in [-0.25, -0.2) is 0 Å². The van der Waals surface area contributed by atoms with E-state index < -0.39 is 32.9 Å². The topological polar surface area (TPSA) is 69.7 Å². The molecule has 0 aliphatic carbocycles. The molecule has 208 valence electrons. The molecule has 1 fully saturated rings. The molecule has 40 heavy (non-hydrogen) atoms. The third-order valence-electron chi connectivity index (χ3n) is 7.53. The van der Waals surface area contributed by atoms with Crippen molar-refractivity contribution in [1.29, 1.82) is 0 Å². The lowest BCUT2D eigenvalue weighted by atomic mass is 9.97. The molecule has 0 aromatic heterocycles. The maximum atomic E-state index is 15.9. The Morgan fingerprint density at radius 1 is 0.600 bits per heavy atom. The van der Waals surface area contributed by atoms with E-state index >= 15 is 13.7 Å². The Bertz CT molecular complexity index is 1470. The average Bonchev–Trinajstić information content (AvgIpc) is 3.00. The fraction of sp³-hybridized carbons (Fsp3) is 0.250. The highest BCUT2D eigenvalue weighted by atomic mass is 31.2. The van der Waals surface area contributed by atoms with Crippen molar-refractivity contribution >= 4 is 43.1 Å². The molecule has 8 heteroatoms. The molecule has 0 bridgehead atoms. The standard InChI is InChI=1S/C32H35O5P3/c1-26(38(33,27-16-8-4-9-17-27)28-18-10-5-11-19-28)31(40(35)36-24-32(2,3)25-37-40)39(34,29-20-12-6-13-21-29)30-22-14-7-15-23-30/h4-23,26,31H,24-25H2,1-3H3. The average molecular weight is 593 g/mol. The fourth-order valence-corrected chi connectivity index (χ4v) is 17.9. The van der Waals surface area contributed by atoms with Gasteiger partial charge in [0.05, 0.1) is 13.2 Å². The Labute approximate surface area is 237 Å². The van der Waals surface area contributed by atoms with E-state index in [1.807, 2.05) is 111 Å². The Balaban J connectivity index is 1.82. The van der Waals surface area contributed by atoms with Crippen LogP contribution in [-0.2, 0) is 22.7 Å². The van der Waals surface area contributed by atoms with E-state index in [9.17, 15) is 0 Å².